The number of hydrogen-bond donors (Lipinski definition) is 1. The fraction of sp³-hybridized carbons (Fsp3) is 0.333. The molecule has 21 heavy (non-hydrogen) atoms. The second-order valence-electron chi connectivity index (χ2n) is 5.42. The molecule has 0 saturated heterocycles. The zero-order chi connectivity index (χ0) is 15.4. The highest BCUT2D eigenvalue weighted by atomic mass is 79.9. The number of methoxy groups -OCH3 is 1. The topological polar surface area (TPSA) is 21.3 Å². The fourth-order valence-corrected chi connectivity index (χ4v) is 2.88. The van der Waals surface area contributed by atoms with E-state index in [2.05, 4.69) is 66.3 Å². The zero-order valence-corrected chi connectivity index (χ0v) is 14.6. The van der Waals surface area contributed by atoms with E-state index in [4.69, 9.17) is 4.74 Å². The molecule has 112 valence electrons. The lowest BCUT2D eigenvalue weighted by molar-refractivity contribution is 0.413. The van der Waals surface area contributed by atoms with E-state index in [1.807, 2.05) is 12.1 Å². The van der Waals surface area contributed by atoms with Crippen molar-refractivity contribution in [1.82, 2.24) is 5.32 Å². The van der Waals surface area contributed by atoms with Crippen LogP contribution < -0.4 is 10.1 Å². The van der Waals surface area contributed by atoms with E-state index in [1.54, 1.807) is 7.11 Å². The maximum absolute atomic E-state index is 5.28. The molecular formula is C18H22BrNO. The van der Waals surface area contributed by atoms with Gasteiger partial charge in [-0.3, -0.25) is 0 Å². The molecule has 3 heteroatoms. The van der Waals surface area contributed by atoms with Crippen LogP contribution in [0.15, 0.2) is 40.9 Å². The third kappa shape index (κ3) is 4.08. The molecule has 0 heterocycles. The Morgan fingerprint density at radius 3 is 2.57 bits per heavy atom. The number of hydrogen-bond acceptors (Lipinski definition) is 2. The highest BCUT2D eigenvalue weighted by Gasteiger charge is 2.09. The van der Waals surface area contributed by atoms with Crippen LogP contribution in [0.1, 0.15) is 35.2 Å². The smallest absolute Gasteiger partial charge is 0.119 e. The average Bonchev–Trinajstić information content (AvgIpc) is 2.46. The van der Waals surface area contributed by atoms with Gasteiger partial charge >= 0.3 is 0 Å². The Labute approximate surface area is 135 Å². The molecule has 2 nitrogen and oxygen atoms in total. The number of nitrogens with one attached hydrogen (secondary N) is 1. The normalized spacial score (nSPS) is 12.2. The van der Waals surface area contributed by atoms with Crippen LogP contribution in [0.2, 0.25) is 0 Å². The molecule has 0 aliphatic carbocycles. The van der Waals surface area contributed by atoms with Gasteiger partial charge in [-0.25, -0.2) is 0 Å². The minimum Gasteiger partial charge on any atom is -0.497 e. The van der Waals surface area contributed by atoms with Crippen molar-refractivity contribution >= 4 is 15.9 Å². The van der Waals surface area contributed by atoms with Gasteiger partial charge < -0.3 is 10.1 Å². The molecule has 2 aromatic rings. The van der Waals surface area contributed by atoms with Crippen LogP contribution in [0.5, 0.6) is 5.75 Å². The second-order valence-corrected chi connectivity index (χ2v) is 6.27. The van der Waals surface area contributed by atoms with Gasteiger partial charge in [-0.2, -0.15) is 0 Å². The number of aryl methyl sites for hydroxylation is 2. The monoisotopic (exact) mass is 347 g/mol. The summed E-state index contributed by atoms with van der Waals surface area (Å²) < 4.78 is 6.39. The van der Waals surface area contributed by atoms with Crippen molar-refractivity contribution in [3.8, 4) is 5.75 Å². The minimum absolute atomic E-state index is 0.309. The summed E-state index contributed by atoms with van der Waals surface area (Å²) in [5.74, 6) is 0.883. The SMILES string of the molecule is COc1ccc(Br)c(CNC(C)c2ccc(C)cc2C)c1. The van der Waals surface area contributed by atoms with Crippen LogP contribution in [-0.4, -0.2) is 7.11 Å². The molecule has 0 spiro atoms. The summed E-state index contributed by atoms with van der Waals surface area (Å²) >= 11 is 3.59. The summed E-state index contributed by atoms with van der Waals surface area (Å²) in [5, 5.41) is 3.58. The molecule has 0 amide bonds. The molecule has 1 atom stereocenters. The van der Waals surface area contributed by atoms with Crippen LogP contribution in [0.3, 0.4) is 0 Å². The predicted molar refractivity (Wildman–Crippen MR) is 91.9 cm³/mol. The molecule has 1 N–H and O–H groups in total. The van der Waals surface area contributed by atoms with Crippen LogP contribution in [0.4, 0.5) is 0 Å². The van der Waals surface area contributed by atoms with E-state index in [-0.39, 0.29) is 0 Å². The van der Waals surface area contributed by atoms with Crippen molar-refractivity contribution in [3.63, 3.8) is 0 Å². The fourth-order valence-electron chi connectivity index (χ4n) is 2.50. The zero-order valence-electron chi connectivity index (χ0n) is 13.0. The quantitative estimate of drug-likeness (QED) is 0.828. The van der Waals surface area contributed by atoms with Crippen LogP contribution in [0, 0.1) is 13.8 Å². The van der Waals surface area contributed by atoms with Crippen LogP contribution in [0.25, 0.3) is 0 Å². The molecule has 0 aliphatic rings. The first-order valence-corrected chi connectivity index (χ1v) is 7.93. The largest absolute Gasteiger partial charge is 0.497 e. The summed E-state index contributed by atoms with van der Waals surface area (Å²) in [5.41, 5.74) is 5.18. The van der Waals surface area contributed by atoms with Crippen molar-refractivity contribution in [2.45, 2.75) is 33.4 Å². The van der Waals surface area contributed by atoms with Crippen molar-refractivity contribution in [2.24, 2.45) is 0 Å². The van der Waals surface area contributed by atoms with Crippen LogP contribution >= 0.6 is 15.9 Å². The van der Waals surface area contributed by atoms with E-state index >= 15 is 0 Å². The first kappa shape index (κ1) is 16.1. The van der Waals surface area contributed by atoms with E-state index in [9.17, 15) is 0 Å². The van der Waals surface area contributed by atoms with Gasteiger partial charge in [-0.15, -0.1) is 0 Å². The molecule has 0 aromatic heterocycles. The van der Waals surface area contributed by atoms with Crippen molar-refractivity contribution < 1.29 is 4.74 Å². The number of halogens is 1. The summed E-state index contributed by atoms with van der Waals surface area (Å²) in [6, 6.07) is 13.0. The lowest BCUT2D eigenvalue weighted by Gasteiger charge is -2.18. The van der Waals surface area contributed by atoms with Gasteiger partial charge in [0.05, 0.1) is 7.11 Å². The molecule has 0 bridgehead atoms. The standard InChI is InChI=1S/C18H22BrNO/c1-12-5-7-17(13(2)9-12)14(3)20-11-15-10-16(21-4)6-8-18(15)19/h5-10,14,20H,11H2,1-4H3. The molecule has 0 aliphatic heterocycles. The first-order chi connectivity index (χ1) is 10.0. The van der Waals surface area contributed by atoms with Gasteiger partial charge in [0.15, 0.2) is 0 Å². The lowest BCUT2D eigenvalue weighted by atomic mass is 10.00. The molecule has 2 aromatic carbocycles. The molecule has 2 rings (SSSR count). The predicted octanol–water partition coefficient (Wildman–Crippen LogP) is 4.93. The Morgan fingerprint density at radius 1 is 1.14 bits per heavy atom. The van der Waals surface area contributed by atoms with Gasteiger partial charge in [-0.05, 0) is 55.7 Å². The van der Waals surface area contributed by atoms with Gasteiger partial charge in [0.2, 0.25) is 0 Å². The van der Waals surface area contributed by atoms with Gasteiger partial charge in [-0.1, -0.05) is 39.7 Å². The Kier molecular flexibility index (Phi) is 5.43. The van der Waals surface area contributed by atoms with Gasteiger partial charge in [0, 0.05) is 17.1 Å². The lowest BCUT2D eigenvalue weighted by Crippen LogP contribution is -2.19. The van der Waals surface area contributed by atoms with Crippen molar-refractivity contribution in [1.29, 1.82) is 0 Å². The summed E-state index contributed by atoms with van der Waals surface area (Å²) in [6.07, 6.45) is 0. The van der Waals surface area contributed by atoms with E-state index in [1.165, 1.54) is 22.3 Å². The van der Waals surface area contributed by atoms with Crippen LogP contribution in [-0.2, 0) is 6.54 Å². The molecular weight excluding hydrogens is 326 g/mol. The Balaban J connectivity index is 2.08. The molecule has 0 saturated carbocycles. The molecule has 0 fully saturated rings. The summed E-state index contributed by atoms with van der Waals surface area (Å²) in [7, 11) is 1.69. The Hall–Kier alpha value is -1.32. The third-order valence-electron chi connectivity index (χ3n) is 3.74. The van der Waals surface area contributed by atoms with E-state index in [0.29, 0.717) is 6.04 Å². The maximum Gasteiger partial charge on any atom is 0.119 e. The third-order valence-corrected chi connectivity index (χ3v) is 4.52. The first-order valence-electron chi connectivity index (χ1n) is 7.14. The Bertz CT molecular complexity index is 625. The van der Waals surface area contributed by atoms with Crippen molar-refractivity contribution in [3.05, 3.63) is 63.1 Å². The van der Waals surface area contributed by atoms with E-state index in [0.717, 1.165) is 16.8 Å². The number of benzene rings is 2. The molecule has 1 unspecified atom stereocenters. The van der Waals surface area contributed by atoms with Crippen molar-refractivity contribution in [2.75, 3.05) is 7.11 Å². The van der Waals surface area contributed by atoms with E-state index < -0.39 is 0 Å². The minimum atomic E-state index is 0.309. The Morgan fingerprint density at radius 2 is 1.90 bits per heavy atom. The number of ether oxygens (including phenoxy) is 1. The number of rotatable bonds is 5. The average molecular weight is 348 g/mol. The highest BCUT2D eigenvalue weighted by molar-refractivity contribution is 9.10. The summed E-state index contributed by atoms with van der Waals surface area (Å²) in [6.45, 7) is 7.29. The highest BCUT2D eigenvalue weighted by Crippen LogP contribution is 2.24. The summed E-state index contributed by atoms with van der Waals surface area (Å²) in [4.78, 5) is 0. The van der Waals surface area contributed by atoms with Gasteiger partial charge in [0.25, 0.3) is 0 Å². The maximum atomic E-state index is 5.28. The van der Waals surface area contributed by atoms with Gasteiger partial charge in [0.1, 0.15) is 5.75 Å². The molecule has 0 radical (unpaired) electrons. The second kappa shape index (κ2) is 7.10.